The van der Waals surface area contributed by atoms with E-state index in [0.717, 1.165) is 42.9 Å². The lowest BCUT2D eigenvalue weighted by Gasteiger charge is -2.33. The van der Waals surface area contributed by atoms with Crippen LogP contribution in [0.4, 0.5) is 4.79 Å². The van der Waals surface area contributed by atoms with E-state index < -0.39 is 5.60 Å². The molecule has 142 valence electrons. The second kappa shape index (κ2) is 7.58. The van der Waals surface area contributed by atoms with Gasteiger partial charge in [-0.1, -0.05) is 0 Å². The molecular formula is C18H32N4O2S. The molecule has 0 bridgehead atoms. The van der Waals surface area contributed by atoms with Crippen molar-refractivity contribution in [3.63, 3.8) is 0 Å². The maximum Gasteiger partial charge on any atom is 0.410 e. The van der Waals surface area contributed by atoms with Gasteiger partial charge in [-0.2, -0.15) is 5.10 Å². The maximum atomic E-state index is 12.5. The van der Waals surface area contributed by atoms with Crippen LogP contribution in [0.15, 0.2) is 11.2 Å². The van der Waals surface area contributed by atoms with Gasteiger partial charge in [0.1, 0.15) is 10.6 Å². The lowest BCUT2D eigenvalue weighted by Crippen LogP contribution is -2.45. The first-order chi connectivity index (χ1) is 11.5. The molecule has 1 aliphatic heterocycles. The second-order valence-electron chi connectivity index (χ2n) is 8.61. The topological polar surface area (TPSA) is 73.4 Å². The lowest BCUT2D eigenvalue weighted by atomic mass is 9.93. The number of amides is 1. The number of carbonyl (C=O) groups excluding carboxylic acids is 1. The molecule has 1 saturated heterocycles. The van der Waals surface area contributed by atoms with Crippen LogP contribution in [0.3, 0.4) is 0 Å². The Bertz CT molecular complexity index is 607. The third-order valence-corrected chi connectivity index (χ3v) is 5.21. The summed E-state index contributed by atoms with van der Waals surface area (Å²) in [6.07, 6.45) is 4.97. The molecule has 0 spiro atoms. The standard InChI is InChI=1S/C18H32N4O2S/c1-13-11-21(20-15(13)25-19)9-7-8-14-10-18(5,6)22(12-14)16(23)24-17(2,3)4/h11,14H,7-10,12,19H2,1-6H3. The highest BCUT2D eigenvalue weighted by atomic mass is 32.2. The minimum Gasteiger partial charge on any atom is -0.444 e. The van der Waals surface area contributed by atoms with Crippen molar-refractivity contribution in [2.75, 3.05) is 6.54 Å². The molecular weight excluding hydrogens is 336 g/mol. The van der Waals surface area contributed by atoms with E-state index in [1.54, 1.807) is 0 Å². The number of rotatable bonds is 5. The normalized spacial score (nSPS) is 20.1. The second-order valence-corrected chi connectivity index (χ2v) is 9.24. The molecule has 2 heterocycles. The number of nitrogens with two attached hydrogens (primary N) is 1. The smallest absolute Gasteiger partial charge is 0.410 e. The molecule has 0 radical (unpaired) electrons. The number of carbonyl (C=O) groups is 1. The fourth-order valence-corrected chi connectivity index (χ4v) is 3.89. The summed E-state index contributed by atoms with van der Waals surface area (Å²) in [6, 6.07) is 0. The van der Waals surface area contributed by atoms with E-state index in [1.165, 1.54) is 11.9 Å². The summed E-state index contributed by atoms with van der Waals surface area (Å²) < 4.78 is 7.53. The Morgan fingerprint density at radius 2 is 2.16 bits per heavy atom. The summed E-state index contributed by atoms with van der Waals surface area (Å²) in [6.45, 7) is 13.6. The molecule has 1 amide bonds. The van der Waals surface area contributed by atoms with Crippen molar-refractivity contribution in [1.82, 2.24) is 14.7 Å². The van der Waals surface area contributed by atoms with Crippen LogP contribution in [0.25, 0.3) is 0 Å². The van der Waals surface area contributed by atoms with Crippen molar-refractivity contribution in [2.24, 2.45) is 11.1 Å². The van der Waals surface area contributed by atoms with Crippen molar-refractivity contribution in [1.29, 1.82) is 0 Å². The molecule has 0 aliphatic carbocycles. The molecule has 6 nitrogen and oxygen atoms in total. The van der Waals surface area contributed by atoms with Crippen molar-refractivity contribution in [2.45, 2.75) is 83.5 Å². The molecule has 2 N–H and O–H groups in total. The SMILES string of the molecule is Cc1cn(CCCC2CN(C(=O)OC(C)(C)C)C(C)(C)C2)nc1SN. The Morgan fingerprint density at radius 1 is 1.48 bits per heavy atom. The van der Waals surface area contributed by atoms with E-state index in [2.05, 4.69) is 18.9 Å². The Morgan fingerprint density at radius 3 is 2.72 bits per heavy atom. The molecule has 1 atom stereocenters. The zero-order valence-corrected chi connectivity index (χ0v) is 17.2. The van der Waals surface area contributed by atoms with Gasteiger partial charge in [0.25, 0.3) is 0 Å². The van der Waals surface area contributed by atoms with Crippen LogP contribution < -0.4 is 5.14 Å². The Labute approximate surface area is 155 Å². The third kappa shape index (κ3) is 5.38. The molecule has 1 aromatic rings. The van der Waals surface area contributed by atoms with Gasteiger partial charge in [-0.3, -0.25) is 9.82 Å². The van der Waals surface area contributed by atoms with E-state index in [0.29, 0.717) is 5.92 Å². The Balaban J connectivity index is 1.86. The van der Waals surface area contributed by atoms with Gasteiger partial charge in [-0.05, 0) is 78.7 Å². The summed E-state index contributed by atoms with van der Waals surface area (Å²) in [5, 5.41) is 11.0. The third-order valence-electron chi connectivity index (χ3n) is 4.58. The first-order valence-corrected chi connectivity index (χ1v) is 9.81. The molecule has 7 heteroatoms. The van der Waals surface area contributed by atoms with Gasteiger partial charge in [0, 0.05) is 30.4 Å². The molecule has 1 unspecified atom stereocenters. The first kappa shape index (κ1) is 20.1. The largest absolute Gasteiger partial charge is 0.444 e. The van der Waals surface area contributed by atoms with Crippen LogP contribution >= 0.6 is 11.9 Å². The highest BCUT2D eigenvalue weighted by Crippen LogP contribution is 2.36. The van der Waals surface area contributed by atoms with Crippen molar-refractivity contribution in [3.05, 3.63) is 11.8 Å². The average Bonchev–Trinajstić information content (AvgIpc) is 2.96. The molecule has 1 aromatic heterocycles. The van der Waals surface area contributed by atoms with Crippen LogP contribution in [0.5, 0.6) is 0 Å². The summed E-state index contributed by atoms with van der Waals surface area (Å²) in [7, 11) is 0. The van der Waals surface area contributed by atoms with Crippen molar-refractivity contribution >= 4 is 18.0 Å². The number of aromatic nitrogens is 2. The van der Waals surface area contributed by atoms with Gasteiger partial charge < -0.3 is 9.64 Å². The summed E-state index contributed by atoms with van der Waals surface area (Å²) >= 11 is 1.19. The fourth-order valence-electron chi connectivity index (χ4n) is 3.49. The van der Waals surface area contributed by atoms with Crippen LogP contribution in [0.2, 0.25) is 0 Å². The Kier molecular flexibility index (Phi) is 6.09. The minimum absolute atomic E-state index is 0.154. The fraction of sp³-hybridized carbons (Fsp3) is 0.778. The summed E-state index contributed by atoms with van der Waals surface area (Å²) in [4.78, 5) is 14.4. The van der Waals surface area contributed by atoms with Crippen LogP contribution in [0, 0.1) is 12.8 Å². The van der Waals surface area contributed by atoms with E-state index in [9.17, 15) is 4.79 Å². The van der Waals surface area contributed by atoms with E-state index in [-0.39, 0.29) is 11.6 Å². The lowest BCUT2D eigenvalue weighted by molar-refractivity contribution is 0.0131. The van der Waals surface area contributed by atoms with Crippen molar-refractivity contribution in [3.8, 4) is 0 Å². The number of ether oxygens (including phenoxy) is 1. The van der Waals surface area contributed by atoms with Crippen molar-refractivity contribution < 1.29 is 9.53 Å². The van der Waals surface area contributed by atoms with Gasteiger partial charge in [0.15, 0.2) is 0 Å². The first-order valence-electron chi connectivity index (χ1n) is 8.93. The zero-order valence-electron chi connectivity index (χ0n) is 16.3. The van der Waals surface area contributed by atoms with E-state index in [4.69, 9.17) is 9.88 Å². The van der Waals surface area contributed by atoms with Crippen LogP contribution in [0.1, 0.15) is 59.4 Å². The molecule has 0 aromatic carbocycles. The Hall–Kier alpha value is -1.21. The van der Waals surface area contributed by atoms with Crippen LogP contribution in [-0.2, 0) is 11.3 Å². The quantitative estimate of drug-likeness (QED) is 0.796. The highest BCUT2D eigenvalue weighted by Gasteiger charge is 2.42. The number of aryl methyl sites for hydroxylation is 2. The number of hydrogen-bond donors (Lipinski definition) is 1. The molecule has 1 fully saturated rings. The molecule has 2 rings (SSSR count). The number of hydrogen-bond acceptors (Lipinski definition) is 5. The average molecular weight is 369 g/mol. The van der Waals surface area contributed by atoms with Crippen LogP contribution in [-0.4, -0.2) is 38.5 Å². The molecule has 25 heavy (non-hydrogen) atoms. The monoisotopic (exact) mass is 368 g/mol. The maximum absolute atomic E-state index is 12.5. The summed E-state index contributed by atoms with van der Waals surface area (Å²) in [5.41, 5.74) is 0.506. The highest BCUT2D eigenvalue weighted by molar-refractivity contribution is 7.97. The predicted molar refractivity (Wildman–Crippen MR) is 101 cm³/mol. The van der Waals surface area contributed by atoms with Gasteiger partial charge in [-0.25, -0.2) is 4.79 Å². The number of likely N-dealkylation sites (tertiary alicyclic amines) is 1. The molecule has 1 aliphatic rings. The zero-order chi connectivity index (χ0) is 18.8. The van der Waals surface area contributed by atoms with E-state index in [1.807, 2.05) is 43.5 Å². The van der Waals surface area contributed by atoms with Gasteiger partial charge in [0.05, 0.1) is 0 Å². The van der Waals surface area contributed by atoms with Gasteiger partial charge in [0.2, 0.25) is 0 Å². The van der Waals surface area contributed by atoms with Gasteiger partial charge >= 0.3 is 6.09 Å². The molecule has 0 saturated carbocycles. The van der Waals surface area contributed by atoms with E-state index >= 15 is 0 Å². The minimum atomic E-state index is -0.456. The van der Waals surface area contributed by atoms with Gasteiger partial charge in [-0.15, -0.1) is 0 Å². The predicted octanol–water partition coefficient (Wildman–Crippen LogP) is 3.97. The number of nitrogens with zero attached hydrogens (tertiary/aromatic N) is 3. The summed E-state index contributed by atoms with van der Waals surface area (Å²) in [5.74, 6) is 0.502.